The second-order valence-corrected chi connectivity index (χ2v) is 5.65. The van der Waals surface area contributed by atoms with Crippen molar-refractivity contribution in [3.8, 4) is 5.75 Å². The largest absolute Gasteiger partial charge is 0.356 e. The molecule has 3 aromatic carbocycles. The van der Waals surface area contributed by atoms with E-state index in [0.29, 0.717) is 10.8 Å². The zero-order valence-corrected chi connectivity index (χ0v) is 13.5. The summed E-state index contributed by atoms with van der Waals surface area (Å²) in [5, 5.41) is 5.04. The topological polar surface area (TPSA) is 21.6 Å². The van der Waals surface area contributed by atoms with Crippen molar-refractivity contribution < 1.29 is 4.84 Å². The number of nitrogens with zero attached hydrogens (tertiary/aromatic N) is 1. The van der Waals surface area contributed by atoms with Gasteiger partial charge < -0.3 is 4.84 Å². The molecule has 3 rings (SSSR count). The van der Waals surface area contributed by atoms with Gasteiger partial charge in [0.1, 0.15) is 5.71 Å². The summed E-state index contributed by atoms with van der Waals surface area (Å²) in [5.41, 5.74) is 4.02. The average Bonchev–Trinajstić information content (AvgIpc) is 2.59. The van der Waals surface area contributed by atoms with Crippen molar-refractivity contribution in [3.63, 3.8) is 0 Å². The van der Waals surface area contributed by atoms with Gasteiger partial charge in [-0.25, -0.2) is 0 Å². The van der Waals surface area contributed by atoms with E-state index < -0.39 is 0 Å². The Labute approximate surface area is 141 Å². The summed E-state index contributed by atoms with van der Waals surface area (Å²) >= 11 is 5.89. The van der Waals surface area contributed by atoms with Gasteiger partial charge in [0.05, 0.1) is 0 Å². The van der Waals surface area contributed by atoms with Crippen molar-refractivity contribution in [3.05, 3.63) is 101 Å². The van der Waals surface area contributed by atoms with E-state index in [1.807, 2.05) is 42.5 Å². The van der Waals surface area contributed by atoms with Gasteiger partial charge in [-0.1, -0.05) is 76.9 Å². The molecule has 0 aliphatic heterocycles. The van der Waals surface area contributed by atoms with Crippen LogP contribution in [0.15, 0.2) is 84.0 Å². The molecule has 0 saturated carbocycles. The summed E-state index contributed by atoms with van der Waals surface area (Å²) in [7, 11) is 0. The Kier molecular flexibility index (Phi) is 4.74. The molecule has 0 fully saturated rings. The standard InChI is InChI=1S/C20H16ClNO/c1-15-7-9-17(10-8-15)20(16-5-3-2-4-6-16)22-23-19-13-11-18(21)12-14-19/h2-14H,1H3/b22-20+. The second-order valence-electron chi connectivity index (χ2n) is 5.22. The molecule has 2 nitrogen and oxygen atoms in total. The Balaban J connectivity index is 1.96. The van der Waals surface area contributed by atoms with Crippen LogP contribution >= 0.6 is 11.6 Å². The summed E-state index contributed by atoms with van der Waals surface area (Å²) in [4.78, 5) is 5.59. The smallest absolute Gasteiger partial charge is 0.158 e. The predicted octanol–water partition coefficient (Wildman–Crippen LogP) is 5.48. The molecule has 0 N–H and O–H groups in total. The van der Waals surface area contributed by atoms with Gasteiger partial charge in [-0.3, -0.25) is 0 Å². The monoisotopic (exact) mass is 321 g/mol. The first-order valence-electron chi connectivity index (χ1n) is 7.35. The van der Waals surface area contributed by atoms with Gasteiger partial charge in [-0.15, -0.1) is 0 Å². The van der Waals surface area contributed by atoms with Crippen LogP contribution in [0.1, 0.15) is 16.7 Å². The SMILES string of the molecule is Cc1ccc(/C(=N/Oc2ccc(Cl)cc2)c2ccccc2)cc1. The van der Waals surface area contributed by atoms with Crippen LogP contribution in [0.2, 0.25) is 5.02 Å². The van der Waals surface area contributed by atoms with E-state index in [2.05, 4.69) is 24.2 Å². The quantitative estimate of drug-likeness (QED) is 0.460. The lowest BCUT2D eigenvalue weighted by molar-refractivity contribution is 0.342. The van der Waals surface area contributed by atoms with Crippen molar-refractivity contribution in [2.45, 2.75) is 6.92 Å². The van der Waals surface area contributed by atoms with Gasteiger partial charge in [0, 0.05) is 16.1 Å². The molecule has 0 aliphatic rings. The van der Waals surface area contributed by atoms with Crippen molar-refractivity contribution in [2.24, 2.45) is 5.16 Å². The molecule has 0 atom stereocenters. The van der Waals surface area contributed by atoms with Gasteiger partial charge in [-0.05, 0) is 31.2 Å². The Morgan fingerprint density at radius 2 is 1.39 bits per heavy atom. The van der Waals surface area contributed by atoms with Crippen LogP contribution in [-0.2, 0) is 0 Å². The zero-order valence-electron chi connectivity index (χ0n) is 12.7. The lowest BCUT2D eigenvalue weighted by atomic mass is 10.0. The molecular weight excluding hydrogens is 306 g/mol. The minimum absolute atomic E-state index is 0.648. The fraction of sp³-hybridized carbons (Fsp3) is 0.0500. The number of rotatable bonds is 4. The highest BCUT2D eigenvalue weighted by Gasteiger charge is 2.08. The molecule has 0 unspecified atom stereocenters. The van der Waals surface area contributed by atoms with Crippen LogP contribution in [0.4, 0.5) is 0 Å². The van der Waals surface area contributed by atoms with Crippen LogP contribution in [0.25, 0.3) is 0 Å². The molecule has 0 spiro atoms. The maximum absolute atomic E-state index is 5.89. The van der Waals surface area contributed by atoms with Gasteiger partial charge in [0.15, 0.2) is 5.75 Å². The van der Waals surface area contributed by atoms with E-state index >= 15 is 0 Å². The summed E-state index contributed by atoms with van der Waals surface area (Å²) in [6, 6.07) is 25.4. The highest BCUT2D eigenvalue weighted by molar-refractivity contribution is 6.30. The van der Waals surface area contributed by atoms with Crippen molar-refractivity contribution in [1.82, 2.24) is 0 Å². The number of hydrogen-bond acceptors (Lipinski definition) is 2. The highest BCUT2D eigenvalue weighted by Crippen LogP contribution is 2.18. The predicted molar refractivity (Wildman–Crippen MR) is 95.3 cm³/mol. The van der Waals surface area contributed by atoms with Gasteiger partial charge in [0.25, 0.3) is 0 Å². The van der Waals surface area contributed by atoms with Gasteiger partial charge in [0.2, 0.25) is 0 Å². The van der Waals surface area contributed by atoms with Gasteiger partial charge in [-0.2, -0.15) is 0 Å². The molecule has 0 saturated heterocycles. The van der Waals surface area contributed by atoms with Crippen molar-refractivity contribution >= 4 is 17.3 Å². The Morgan fingerprint density at radius 3 is 2.04 bits per heavy atom. The third-order valence-electron chi connectivity index (χ3n) is 3.43. The third kappa shape index (κ3) is 3.99. The Morgan fingerprint density at radius 1 is 0.783 bits per heavy atom. The lowest BCUT2D eigenvalue weighted by Crippen LogP contribution is -2.05. The van der Waals surface area contributed by atoms with Crippen LogP contribution in [0.3, 0.4) is 0 Å². The first kappa shape index (κ1) is 15.3. The normalized spacial score (nSPS) is 11.3. The Bertz CT molecular complexity index is 793. The lowest BCUT2D eigenvalue weighted by Gasteiger charge is -2.08. The summed E-state index contributed by atoms with van der Waals surface area (Å²) in [5.74, 6) is 0.648. The number of hydrogen-bond donors (Lipinski definition) is 0. The number of oxime groups is 1. The second kappa shape index (κ2) is 7.12. The maximum atomic E-state index is 5.89. The molecule has 114 valence electrons. The molecule has 0 aliphatic carbocycles. The van der Waals surface area contributed by atoms with E-state index in [1.54, 1.807) is 24.3 Å². The molecule has 0 amide bonds. The molecule has 3 heteroatoms. The number of benzene rings is 3. The molecular formula is C20H16ClNO. The van der Waals surface area contributed by atoms with Crippen LogP contribution in [0, 0.1) is 6.92 Å². The minimum atomic E-state index is 0.648. The summed E-state index contributed by atoms with van der Waals surface area (Å²) in [6.07, 6.45) is 0. The van der Waals surface area contributed by atoms with Crippen molar-refractivity contribution in [2.75, 3.05) is 0 Å². The first-order valence-corrected chi connectivity index (χ1v) is 7.73. The fourth-order valence-corrected chi connectivity index (χ4v) is 2.30. The highest BCUT2D eigenvalue weighted by atomic mass is 35.5. The summed E-state index contributed by atoms with van der Waals surface area (Å²) < 4.78 is 0. The van der Waals surface area contributed by atoms with Crippen LogP contribution in [-0.4, -0.2) is 5.71 Å². The molecule has 0 aromatic heterocycles. The molecule has 0 bridgehead atoms. The van der Waals surface area contributed by atoms with Crippen LogP contribution < -0.4 is 4.84 Å². The van der Waals surface area contributed by atoms with E-state index in [9.17, 15) is 0 Å². The average molecular weight is 322 g/mol. The molecule has 23 heavy (non-hydrogen) atoms. The Hall–Kier alpha value is -2.58. The van der Waals surface area contributed by atoms with E-state index in [4.69, 9.17) is 16.4 Å². The van der Waals surface area contributed by atoms with E-state index in [-0.39, 0.29) is 0 Å². The zero-order chi connectivity index (χ0) is 16.1. The fourth-order valence-electron chi connectivity index (χ4n) is 2.17. The first-order chi connectivity index (χ1) is 11.2. The van der Waals surface area contributed by atoms with Crippen molar-refractivity contribution in [1.29, 1.82) is 0 Å². The van der Waals surface area contributed by atoms with E-state index in [1.165, 1.54) is 5.56 Å². The maximum Gasteiger partial charge on any atom is 0.158 e. The minimum Gasteiger partial charge on any atom is -0.356 e. The summed E-state index contributed by atoms with van der Waals surface area (Å²) in [6.45, 7) is 2.06. The van der Waals surface area contributed by atoms with Crippen LogP contribution in [0.5, 0.6) is 5.75 Å². The molecule has 0 radical (unpaired) electrons. The molecule has 0 heterocycles. The van der Waals surface area contributed by atoms with Gasteiger partial charge >= 0.3 is 0 Å². The van der Waals surface area contributed by atoms with E-state index in [0.717, 1.165) is 16.8 Å². The number of halogens is 1. The third-order valence-corrected chi connectivity index (χ3v) is 3.68. The number of aryl methyl sites for hydroxylation is 1. The molecule has 3 aromatic rings.